The van der Waals surface area contributed by atoms with Crippen molar-refractivity contribution in [1.82, 2.24) is 4.90 Å². The maximum Gasteiger partial charge on any atom is 0.0243 e. The van der Waals surface area contributed by atoms with E-state index in [1.807, 2.05) is 0 Å². The Balaban J connectivity index is 1.84. The Morgan fingerprint density at radius 1 is 1.18 bits per heavy atom. The third-order valence-corrected chi connectivity index (χ3v) is 5.05. The predicted octanol–water partition coefficient (Wildman–Crippen LogP) is 2.87. The lowest BCUT2D eigenvalue weighted by Gasteiger charge is -2.33. The van der Waals surface area contributed by atoms with Gasteiger partial charge in [-0.3, -0.25) is 0 Å². The summed E-state index contributed by atoms with van der Waals surface area (Å²) < 4.78 is 0. The number of likely N-dealkylation sites (N-methyl/N-ethyl adjacent to an activating group) is 1. The fourth-order valence-electron chi connectivity index (χ4n) is 3.59. The first kappa shape index (κ1) is 13.4. The monoisotopic (exact) mass is 238 g/mol. The molecule has 0 spiro atoms. The number of rotatable bonds is 5. The molecule has 0 aromatic heterocycles. The molecule has 2 heteroatoms. The van der Waals surface area contributed by atoms with Crippen molar-refractivity contribution in [3.63, 3.8) is 0 Å². The van der Waals surface area contributed by atoms with Crippen LogP contribution in [0.25, 0.3) is 0 Å². The van der Waals surface area contributed by atoms with E-state index in [4.69, 9.17) is 5.73 Å². The molecule has 3 unspecified atom stereocenters. The molecule has 2 rings (SSSR count). The zero-order chi connectivity index (χ0) is 12.3. The van der Waals surface area contributed by atoms with E-state index in [9.17, 15) is 0 Å². The largest absolute Gasteiger partial charge is 0.329 e. The van der Waals surface area contributed by atoms with E-state index in [1.54, 1.807) is 0 Å². The van der Waals surface area contributed by atoms with Crippen LogP contribution in [-0.2, 0) is 0 Å². The lowest BCUT2D eigenvalue weighted by atomic mass is 9.90. The lowest BCUT2D eigenvalue weighted by molar-refractivity contribution is 0.159. The van der Waals surface area contributed by atoms with Crippen LogP contribution in [0.2, 0.25) is 0 Å². The van der Waals surface area contributed by atoms with E-state index < -0.39 is 0 Å². The minimum atomic E-state index is 0.640. The Morgan fingerprint density at radius 3 is 2.24 bits per heavy atom. The van der Waals surface area contributed by atoms with Crippen molar-refractivity contribution in [2.24, 2.45) is 23.5 Å². The molecule has 3 atom stereocenters. The second-order valence-corrected chi connectivity index (χ2v) is 6.47. The van der Waals surface area contributed by atoms with E-state index in [-0.39, 0.29) is 0 Å². The summed E-state index contributed by atoms with van der Waals surface area (Å²) in [7, 11) is 2.30. The topological polar surface area (TPSA) is 29.3 Å². The van der Waals surface area contributed by atoms with E-state index in [2.05, 4.69) is 18.9 Å². The Morgan fingerprint density at radius 2 is 1.76 bits per heavy atom. The normalized spacial score (nSPS) is 32.5. The molecule has 0 heterocycles. The first-order valence-electron chi connectivity index (χ1n) is 7.62. The van der Waals surface area contributed by atoms with Gasteiger partial charge in [0.25, 0.3) is 0 Å². The Kier molecular flexibility index (Phi) is 4.87. The van der Waals surface area contributed by atoms with Crippen molar-refractivity contribution in [2.45, 2.75) is 57.9 Å². The van der Waals surface area contributed by atoms with Gasteiger partial charge in [-0.1, -0.05) is 32.6 Å². The molecule has 2 N–H and O–H groups in total. The van der Waals surface area contributed by atoms with Crippen molar-refractivity contribution in [2.75, 3.05) is 20.1 Å². The van der Waals surface area contributed by atoms with E-state index in [0.29, 0.717) is 6.04 Å². The molecule has 2 saturated carbocycles. The molecule has 2 nitrogen and oxygen atoms in total. The van der Waals surface area contributed by atoms with Gasteiger partial charge in [-0.2, -0.15) is 0 Å². The van der Waals surface area contributed by atoms with Crippen LogP contribution in [0.5, 0.6) is 0 Å². The van der Waals surface area contributed by atoms with Crippen LogP contribution in [0.4, 0.5) is 0 Å². The third kappa shape index (κ3) is 3.69. The van der Waals surface area contributed by atoms with Crippen molar-refractivity contribution < 1.29 is 0 Å². The molecule has 0 aliphatic heterocycles. The van der Waals surface area contributed by atoms with Crippen molar-refractivity contribution in [1.29, 1.82) is 0 Å². The molecule has 0 saturated heterocycles. The fourth-order valence-corrected chi connectivity index (χ4v) is 3.59. The van der Waals surface area contributed by atoms with Gasteiger partial charge in [0.1, 0.15) is 0 Å². The quantitative estimate of drug-likeness (QED) is 0.746. The number of hydrogen-bond donors (Lipinski definition) is 1. The van der Waals surface area contributed by atoms with Gasteiger partial charge < -0.3 is 10.6 Å². The van der Waals surface area contributed by atoms with Crippen LogP contribution in [0.3, 0.4) is 0 Å². The molecule has 2 fully saturated rings. The van der Waals surface area contributed by atoms with Crippen molar-refractivity contribution in [3.05, 3.63) is 0 Å². The molecule has 0 aromatic rings. The average molecular weight is 238 g/mol. The zero-order valence-corrected chi connectivity index (χ0v) is 11.7. The SMILES string of the molecule is CC1CC1CN(C)C(CN)C1CCCCCC1. The van der Waals surface area contributed by atoms with Gasteiger partial charge in [-0.05, 0) is 44.1 Å². The van der Waals surface area contributed by atoms with Crippen LogP contribution in [0.15, 0.2) is 0 Å². The van der Waals surface area contributed by atoms with Gasteiger partial charge in [-0.15, -0.1) is 0 Å². The minimum Gasteiger partial charge on any atom is -0.329 e. The average Bonchev–Trinajstić information content (AvgIpc) is 3.04. The van der Waals surface area contributed by atoms with Crippen LogP contribution >= 0.6 is 0 Å². The van der Waals surface area contributed by atoms with Crippen molar-refractivity contribution >= 4 is 0 Å². The van der Waals surface area contributed by atoms with E-state index in [1.165, 1.54) is 51.5 Å². The van der Waals surface area contributed by atoms with Crippen molar-refractivity contribution in [3.8, 4) is 0 Å². The van der Waals surface area contributed by atoms with Crippen LogP contribution in [0.1, 0.15) is 51.9 Å². The molecule has 0 bridgehead atoms. The second-order valence-electron chi connectivity index (χ2n) is 6.47. The maximum atomic E-state index is 6.04. The summed E-state index contributed by atoms with van der Waals surface area (Å²) in [5.74, 6) is 2.78. The third-order valence-electron chi connectivity index (χ3n) is 5.05. The van der Waals surface area contributed by atoms with Gasteiger partial charge in [0, 0.05) is 19.1 Å². The lowest BCUT2D eigenvalue weighted by Crippen LogP contribution is -2.44. The summed E-state index contributed by atoms with van der Waals surface area (Å²) >= 11 is 0. The smallest absolute Gasteiger partial charge is 0.0243 e. The highest BCUT2D eigenvalue weighted by Gasteiger charge is 2.35. The summed E-state index contributed by atoms with van der Waals surface area (Å²) in [6.07, 6.45) is 9.99. The van der Waals surface area contributed by atoms with Crippen LogP contribution in [-0.4, -0.2) is 31.1 Å². The van der Waals surface area contributed by atoms with Gasteiger partial charge in [0.2, 0.25) is 0 Å². The molecule has 100 valence electrons. The van der Waals surface area contributed by atoms with Gasteiger partial charge in [-0.25, -0.2) is 0 Å². The molecule has 0 radical (unpaired) electrons. The fraction of sp³-hybridized carbons (Fsp3) is 1.00. The molecule has 17 heavy (non-hydrogen) atoms. The molecule has 2 aliphatic rings. The highest BCUT2D eigenvalue weighted by atomic mass is 15.1. The maximum absolute atomic E-state index is 6.04. The summed E-state index contributed by atoms with van der Waals surface area (Å²) in [6, 6.07) is 0.640. The zero-order valence-electron chi connectivity index (χ0n) is 11.7. The highest BCUT2D eigenvalue weighted by Crippen LogP contribution is 2.39. The number of nitrogens with zero attached hydrogens (tertiary/aromatic N) is 1. The molecule has 0 amide bonds. The standard InChI is InChI=1S/C15H30N2/c1-12-9-14(12)11-17(2)15(10-16)13-7-5-3-4-6-8-13/h12-15H,3-11,16H2,1-2H3. The number of nitrogens with two attached hydrogens (primary N) is 1. The summed E-state index contributed by atoms with van der Waals surface area (Å²) in [6.45, 7) is 4.50. The van der Waals surface area contributed by atoms with E-state index in [0.717, 1.165) is 24.3 Å². The first-order valence-corrected chi connectivity index (χ1v) is 7.62. The minimum absolute atomic E-state index is 0.640. The van der Waals surface area contributed by atoms with E-state index >= 15 is 0 Å². The Hall–Kier alpha value is -0.0800. The van der Waals surface area contributed by atoms with Gasteiger partial charge >= 0.3 is 0 Å². The molecule has 2 aliphatic carbocycles. The van der Waals surface area contributed by atoms with Crippen LogP contribution in [0, 0.1) is 17.8 Å². The second kappa shape index (κ2) is 6.19. The molecular formula is C15H30N2. The summed E-state index contributed by atoms with van der Waals surface area (Å²) in [4.78, 5) is 2.57. The summed E-state index contributed by atoms with van der Waals surface area (Å²) in [5, 5.41) is 0. The molecular weight excluding hydrogens is 208 g/mol. The number of hydrogen-bond acceptors (Lipinski definition) is 2. The predicted molar refractivity (Wildman–Crippen MR) is 73.9 cm³/mol. The highest BCUT2D eigenvalue weighted by molar-refractivity contribution is 4.88. The molecule has 0 aromatic carbocycles. The summed E-state index contributed by atoms with van der Waals surface area (Å²) in [5.41, 5.74) is 6.04. The first-order chi connectivity index (χ1) is 8.22. The Bertz CT molecular complexity index is 221. The van der Waals surface area contributed by atoms with Crippen LogP contribution < -0.4 is 5.73 Å². The van der Waals surface area contributed by atoms with Gasteiger partial charge in [0.15, 0.2) is 0 Å². The Labute approximate surface area is 107 Å². The van der Waals surface area contributed by atoms with Gasteiger partial charge in [0.05, 0.1) is 0 Å².